The first-order valence-corrected chi connectivity index (χ1v) is 3.64. The molecule has 0 atom stereocenters. The van der Waals surface area contributed by atoms with Crippen molar-refractivity contribution < 1.29 is 18.3 Å². The van der Waals surface area contributed by atoms with E-state index in [4.69, 9.17) is 0 Å². The first-order valence-electron chi connectivity index (χ1n) is 3.64. The Balaban J connectivity index is 2.92. The van der Waals surface area contributed by atoms with Gasteiger partial charge in [-0.25, -0.2) is 0 Å². The van der Waals surface area contributed by atoms with Gasteiger partial charge < -0.3 is 4.74 Å². The molecule has 13 heavy (non-hydrogen) atoms. The standard InChI is InChI=1S/C9H8F2O2/c1-6-2-3-8(13-9(10)11)4-7(6)5-12/h2-5,9H,1H3. The quantitative estimate of drug-likeness (QED) is 0.677. The normalized spacial score (nSPS) is 10.2. The van der Waals surface area contributed by atoms with Gasteiger partial charge in [0.1, 0.15) is 12.0 Å². The zero-order valence-electron chi connectivity index (χ0n) is 6.96. The van der Waals surface area contributed by atoms with Crippen molar-refractivity contribution >= 4 is 6.29 Å². The Labute approximate surface area is 74.1 Å². The fourth-order valence-electron chi connectivity index (χ4n) is 0.922. The summed E-state index contributed by atoms with van der Waals surface area (Å²) in [5, 5.41) is 0. The number of ether oxygens (including phenoxy) is 1. The second kappa shape index (κ2) is 3.98. The molecule has 0 aliphatic heterocycles. The molecular weight excluding hydrogens is 178 g/mol. The van der Waals surface area contributed by atoms with E-state index in [9.17, 15) is 13.6 Å². The molecule has 0 aliphatic rings. The van der Waals surface area contributed by atoms with Crippen LogP contribution < -0.4 is 4.74 Å². The lowest BCUT2D eigenvalue weighted by Gasteiger charge is -2.05. The number of hydrogen-bond acceptors (Lipinski definition) is 2. The lowest BCUT2D eigenvalue weighted by molar-refractivity contribution is -0.0498. The molecule has 0 saturated heterocycles. The summed E-state index contributed by atoms with van der Waals surface area (Å²) in [6, 6.07) is 4.24. The SMILES string of the molecule is Cc1ccc(OC(F)F)cc1C=O. The van der Waals surface area contributed by atoms with Gasteiger partial charge in [0.2, 0.25) is 0 Å². The number of rotatable bonds is 3. The van der Waals surface area contributed by atoms with Crippen LogP contribution in [-0.2, 0) is 0 Å². The van der Waals surface area contributed by atoms with Crippen LogP contribution in [-0.4, -0.2) is 12.9 Å². The van der Waals surface area contributed by atoms with E-state index >= 15 is 0 Å². The van der Waals surface area contributed by atoms with E-state index in [1.807, 2.05) is 0 Å². The van der Waals surface area contributed by atoms with Crippen LogP contribution in [0.25, 0.3) is 0 Å². The van der Waals surface area contributed by atoms with Gasteiger partial charge in [-0.2, -0.15) is 8.78 Å². The predicted octanol–water partition coefficient (Wildman–Crippen LogP) is 2.41. The minimum Gasteiger partial charge on any atom is -0.435 e. The van der Waals surface area contributed by atoms with Gasteiger partial charge in [-0.3, -0.25) is 4.79 Å². The Bertz CT molecular complexity index is 310. The molecule has 0 heterocycles. The van der Waals surface area contributed by atoms with Crippen LogP contribution in [0, 0.1) is 6.92 Å². The van der Waals surface area contributed by atoms with Crippen molar-refractivity contribution in [2.45, 2.75) is 13.5 Å². The van der Waals surface area contributed by atoms with Crippen LogP contribution in [0.2, 0.25) is 0 Å². The van der Waals surface area contributed by atoms with Crippen LogP contribution in [0.15, 0.2) is 18.2 Å². The highest BCUT2D eigenvalue weighted by atomic mass is 19.3. The van der Waals surface area contributed by atoms with E-state index in [1.54, 1.807) is 13.0 Å². The third-order valence-electron chi connectivity index (χ3n) is 1.60. The topological polar surface area (TPSA) is 26.3 Å². The Kier molecular flexibility index (Phi) is 2.95. The molecule has 0 aromatic heterocycles. The highest BCUT2D eigenvalue weighted by Gasteiger charge is 2.05. The van der Waals surface area contributed by atoms with Crippen molar-refractivity contribution in [3.63, 3.8) is 0 Å². The summed E-state index contributed by atoms with van der Waals surface area (Å²) in [6.45, 7) is -1.14. The van der Waals surface area contributed by atoms with Crippen molar-refractivity contribution in [2.75, 3.05) is 0 Å². The monoisotopic (exact) mass is 186 g/mol. The summed E-state index contributed by atoms with van der Waals surface area (Å²) >= 11 is 0. The summed E-state index contributed by atoms with van der Waals surface area (Å²) in [6.07, 6.45) is 0.605. The number of aryl methyl sites for hydroxylation is 1. The van der Waals surface area contributed by atoms with Crippen molar-refractivity contribution in [1.29, 1.82) is 0 Å². The van der Waals surface area contributed by atoms with Crippen molar-refractivity contribution in [3.05, 3.63) is 29.3 Å². The highest BCUT2D eigenvalue weighted by molar-refractivity contribution is 5.77. The van der Waals surface area contributed by atoms with Crippen LogP contribution in [0.5, 0.6) is 5.75 Å². The number of alkyl halides is 2. The molecule has 4 heteroatoms. The van der Waals surface area contributed by atoms with Gasteiger partial charge in [0, 0.05) is 5.56 Å². The average Bonchev–Trinajstić information content (AvgIpc) is 2.07. The van der Waals surface area contributed by atoms with Gasteiger partial charge in [0.15, 0.2) is 0 Å². The molecule has 1 aromatic rings. The second-order valence-electron chi connectivity index (χ2n) is 2.51. The van der Waals surface area contributed by atoms with E-state index in [1.165, 1.54) is 12.1 Å². The van der Waals surface area contributed by atoms with E-state index < -0.39 is 6.61 Å². The van der Waals surface area contributed by atoms with Crippen molar-refractivity contribution in [1.82, 2.24) is 0 Å². The third kappa shape index (κ3) is 2.50. The van der Waals surface area contributed by atoms with Gasteiger partial charge >= 0.3 is 6.61 Å². The fourth-order valence-corrected chi connectivity index (χ4v) is 0.922. The zero-order valence-corrected chi connectivity index (χ0v) is 6.96. The predicted molar refractivity (Wildman–Crippen MR) is 43.2 cm³/mol. The molecule has 0 spiro atoms. The Hall–Kier alpha value is -1.45. The van der Waals surface area contributed by atoms with Crippen molar-refractivity contribution in [3.8, 4) is 5.75 Å². The Morgan fingerprint density at radius 3 is 2.69 bits per heavy atom. The Morgan fingerprint density at radius 2 is 2.15 bits per heavy atom. The second-order valence-corrected chi connectivity index (χ2v) is 2.51. The molecule has 0 bridgehead atoms. The van der Waals surface area contributed by atoms with Crippen molar-refractivity contribution in [2.24, 2.45) is 0 Å². The van der Waals surface area contributed by atoms with Gasteiger partial charge in [-0.05, 0) is 24.6 Å². The minimum absolute atomic E-state index is 0.00250. The molecule has 2 nitrogen and oxygen atoms in total. The largest absolute Gasteiger partial charge is 0.435 e. The minimum atomic E-state index is -2.86. The number of carbonyl (C=O) groups is 1. The maximum atomic E-state index is 11.7. The van der Waals surface area contributed by atoms with Gasteiger partial charge in [0.05, 0.1) is 0 Å². The van der Waals surface area contributed by atoms with Crippen LogP contribution in [0.1, 0.15) is 15.9 Å². The molecule has 70 valence electrons. The summed E-state index contributed by atoms with van der Waals surface area (Å²) in [5.74, 6) is 0.00250. The summed E-state index contributed by atoms with van der Waals surface area (Å²) in [7, 11) is 0. The fraction of sp³-hybridized carbons (Fsp3) is 0.222. The summed E-state index contributed by atoms with van der Waals surface area (Å²) in [4.78, 5) is 10.4. The molecule has 0 unspecified atom stereocenters. The lowest BCUT2D eigenvalue weighted by atomic mass is 10.1. The maximum absolute atomic E-state index is 11.7. The smallest absolute Gasteiger partial charge is 0.387 e. The van der Waals surface area contributed by atoms with Gasteiger partial charge in [-0.15, -0.1) is 0 Å². The first-order chi connectivity index (χ1) is 6.13. The molecule has 1 aromatic carbocycles. The molecule has 0 aliphatic carbocycles. The zero-order chi connectivity index (χ0) is 9.84. The maximum Gasteiger partial charge on any atom is 0.387 e. The van der Waals surface area contributed by atoms with E-state index in [0.717, 1.165) is 5.56 Å². The average molecular weight is 186 g/mol. The lowest BCUT2D eigenvalue weighted by Crippen LogP contribution is -2.02. The van der Waals surface area contributed by atoms with E-state index in [2.05, 4.69) is 4.74 Å². The van der Waals surface area contributed by atoms with Crippen LogP contribution in [0.3, 0.4) is 0 Å². The number of carbonyl (C=O) groups excluding carboxylic acids is 1. The van der Waals surface area contributed by atoms with E-state index in [0.29, 0.717) is 11.8 Å². The molecule has 0 fully saturated rings. The van der Waals surface area contributed by atoms with Crippen LogP contribution in [0.4, 0.5) is 8.78 Å². The number of benzene rings is 1. The molecule has 0 saturated carbocycles. The molecule has 0 amide bonds. The number of hydrogen-bond donors (Lipinski definition) is 0. The molecule has 0 radical (unpaired) electrons. The van der Waals surface area contributed by atoms with Crippen LogP contribution >= 0.6 is 0 Å². The van der Waals surface area contributed by atoms with Gasteiger partial charge in [0.25, 0.3) is 0 Å². The molecular formula is C9H8F2O2. The number of halogens is 2. The summed E-state index contributed by atoms with van der Waals surface area (Å²) < 4.78 is 27.6. The first kappa shape index (κ1) is 9.64. The summed E-state index contributed by atoms with van der Waals surface area (Å²) in [5.41, 5.74) is 1.09. The third-order valence-corrected chi connectivity index (χ3v) is 1.60. The number of aldehydes is 1. The van der Waals surface area contributed by atoms with Gasteiger partial charge in [-0.1, -0.05) is 6.07 Å². The molecule has 1 rings (SSSR count). The van der Waals surface area contributed by atoms with E-state index in [-0.39, 0.29) is 5.75 Å². The molecule has 0 N–H and O–H groups in total. The Morgan fingerprint density at radius 1 is 1.46 bits per heavy atom. The highest BCUT2D eigenvalue weighted by Crippen LogP contribution is 2.17.